The molecule has 2 N–H and O–H groups in total. The predicted molar refractivity (Wildman–Crippen MR) is 81.2 cm³/mol. The average Bonchev–Trinajstić information content (AvgIpc) is 2.37. The maximum Gasteiger partial charge on any atom is 0.486 e. The van der Waals surface area contributed by atoms with Crippen LogP contribution in [0.3, 0.4) is 0 Å². The molecule has 20 heavy (non-hydrogen) atoms. The summed E-state index contributed by atoms with van der Waals surface area (Å²) in [7, 11) is 0.452. The molecule has 0 aliphatic rings. The van der Waals surface area contributed by atoms with Gasteiger partial charge in [0.2, 0.25) is 0 Å². The smallest absolute Gasteiger partial charge is 0.423 e. The van der Waals surface area contributed by atoms with Gasteiger partial charge >= 0.3 is 7.12 Å². The minimum absolute atomic E-state index is 0.281. The summed E-state index contributed by atoms with van der Waals surface area (Å²) >= 11 is 0. The number of benzene rings is 1. The summed E-state index contributed by atoms with van der Waals surface area (Å²) in [6, 6.07) is 4.49. The van der Waals surface area contributed by atoms with Crippen LogP contribution in [0.5, 0.6) is 0 Å². The van der Waals surface area contributed by atoms with Gasteiger partial charge in [-0.3, -0.25) is 0 Å². The highest BCUT2D eigenvalue weighted by Gasteiger charge is 2.13. The Hall–Kier alpha value is -1.85. The van der Waals surface area contributed by atoms with E-state index in [-0.39, 0.29) is 5.82 Å². The highest BCUT2D eigenvalue weighted by molar-refractivity contribution is 6.52. The highest BCUT2D eigenvalue weighted by Crippen LogP contribution is 2.17. The van der Waals surface area contributed by atoms with Crippen LogP contribution in [0.25, 0.3) is 5.70 Å². The van der Waals surface area contributed by atoms with E-state index in [2.05, 4.69) is 18.5 Å². The normalized spacial score (nSPS) is 11.2. The molecule has 0 unspecified atom stereocenters. The molecule has 1 aromatic carbocycles. The van der Waals surface area contributed by atoms with Gasteiger partial charge in [-0.15, -0.1) is 0 Å². The second-order valence-electron chi connectivity index (χ2n) is 4.56. The average molecular weight is 275 g/mol. The molecule has 0 radical (unpaired) electrons. The quantitative estimate of drug-likeness (QED) is 0.619. The molecule has 0 fully saturated rings. The van der Waals surface area contributed by atoms with E-state index in [0.717, 1.165) is 11.1 Å². The lowest BCUT2D eigenvalue weighted by Gasteiger charge is -2.13. The monoisotopic (exact) mass is 275 g/mol. The fourth-order valence-corrected chi connectivity index (χ4v) is 1.79. The van der Waals surface area contributed by atoms with E-state index < -0.39 is 7.12 Å². The number of nitrogens with one attached hydrogen (secondary N) is 1. The first-order chi connectivity index (χ1) is 9.35. The van der Waals surface area contributed by atoms with Gasteiger partial charge in [0.25, 0.3) is 0 Å². The zero-order valence-corrected chi connectivity index (χ0v) is 12.0. The van der Waals surface area contributed by atoms with Crippen LogP contribution in [0.15, 0.2) is 48.6 Å². The molecule has 106 valence electrons. The maximum absolute atomic E-state index is 13.1. The summed E-state index contributed by atoms with van der Waals surface area (Å²) in [5, 5.41) is 12.5. The van der Waals surface area contributed by atoms with Gasteiger partial charge in [-0.25, -0.2) is 4.39 Å². The number of hydrogen-bond donors (Lipinski definition) is 2. The molecular formula is C15H19BFNO2. The van der Waals surface area contributed by atoms with Gasteiger partial charge in [-0.2, -0.15) is 0 Å². The Morgan fingerprint density at radius 2 is 2.10 bits per heavy atom. The first kappa shape index (κ1) is 16.2. The number of rotatable bonds is 6. The van der Waals surface area contributed by atoms with Crippen molar-refractivity contribution in [1.29, 1.82) is 0 Å². The van der Waals surface area contributed by atoms with Crippen molar-refractivity contribution in [2.24, 2.45) is 0 Å². The third kappa shape index (κ3) is 4.37. The molecular weight excluding hydrogens is 256 g/mol. The number of aryl methyl sites for hydroxylation is 1. The second-order valence-corrected chi connectivity index (χ2v) is 4.56. The first-order valence-electron chi connectivity index (χ1n) is 6.15. The molecule has 0 aliphatic heterocycles. The van der Waals surface area contributed by atoms with Crippen molar-refractivity contribution in [2.75, 3.05) is 7.11 Å². The van der Waals surface area contributed by atoms with Crippen LogP contribution >= 0.6 is 0 Å². The molecule has 0 aliphatic carbocycles. The second kappa shape index (κ2) is 7.08. The fourth-order valence-electron chi connectivity index (χ4n) is 1.79. The third-order valence-electron chi connectivity index (χ3n) is 2.84. The Balaban J connectivity index is 2.78. The molecule has 0 aromatic heterocycles. The van der Waals surface area contributed by atoms with Crippen molar-refractivity contribution in [3.05, 3.63) is 65.5 Å². The lowest BCUT2D eigenvalue weighted by molar-refractivity contribution is 0.336. The Kier molecular flexibility index (Phi) is 5.73. The summed E-state index contributed by atoms with van der Waals surface area (Å²) < 4.78 is 17.8. The summed E-state index contributed by atoms with van der Waals surface area (Å²) in [6.45, 7) is 11.3. The molecule has 5 heteroatoms. The Morgan fingerprint density at radius 1 is 1.45 bits per heavy atom. The van der Waals surface area contributed by atoms with Crippen molar-refractivity contribution in [3.63, 3.8) is 0 Å². The first-order valence-corrected chi connectivity index (χ1v) is 6.15. The predicted octanol–water partition coefficient (Wildman–Crippen LogP) is 2.82. The van der Waals surface area contributed by atoms with Gasteiger partial charge in [-0.1, -0.05) is 13.2 Å². The van der Waals surface area contributed by atoms with Gasteiger partial charge in [0, 0.05) is 24.1 Å². The number of allylic oxidation sites excluding steroid dienone is 2. The van der Waals surface area contributed by atoms with E-state index in [9.17, 15) is 9.41 Å². The van der Waals surface area contributed by atoms with Crippen LogP contribution in [-0.4, -0.2) is 19.3 Å². The Bertz CT molecular complexity index is 555. The van der Waals surface area contributed by atoms with E-state index in [1.165, 1.54) is 19.2 Å². The molecule has 0 heterocycles. The van der Waals surface area contributed by atoms with Crippen molar-refractivity contribution in [1.82, 2.24) is 5.32 Å². The lowest BCUT2D eigenvalue weighted by Crippen LogP contribution is -2.18. The summed E-state index contributed by atoms with van der Waals surface area (Å²) in [5.74, 6) is -0.281. The molecule has 0 saturated carbocycles. The molecule has 3 nitrogen and oxygen atoms in total. The Morgan fingerprint density at radius 3 is 2.65 bits per heavy atom. The molecule has 0 bridgehead atoms. The molecule has 0 amide bonds. The zero-order valence-electron chi connectivity index (χ0n) is 12.0. The third-order valence-corrected chi connectivity index (χ3v) is 2.84. The molecule has 0 spiro atoms. The summed E-state index contributed by atoms with van der Waals surface area (Å²) in [4.78, 5) is 0. The van der Waals surface area contributed by atoms with E-state index >= 15 is 0 Å². The molecule has 1 aromatic rings. The minimum Gasteiger partial charge on any atom is -0.423 e. The van der Waals surface area contributed by atoms with Gasteiger partial charge in [0.15, 0.2) is 0 Å². The van der Waals surface area contributed by atoms with Gasteiger partial charge in [0.05, 0.1) is 0 Å². The van der Waals surface area contributed by atoms with Crippen molar-refractivity contribution >= 4 is 12.8 Å². The van der Waals surface area contributed by atoms with Crippen LogP contribution in [0.4, 0.5) is 4.39 Å². The van der Waals surface area contributed by atoms with E-state index in [1.54, 1.807) is 19.1 Å². The number of hydrogen-bond acceptors (Lipinski definition) is 3. The highest BCUT2D eigenvalue weighted by atomic mass is 19.1. The fraction of sp³-hybridized carbons (Fsp3) is 0.200. The lowest BCUT2D eigenvalue weighted by atomic mass is 9.79. The molecule has 0 saturated heterocycles. The molecule has 1 rings (SSSR count). The van der Waals surface area contributed by atoms with Gasteiger partial charge < -0.3 is 15.0 Å². The largest absolute Gasteiger partial charge is 0.486 e. The SMILES string of the molecule is C=C(/C=C(\C)B(O)OC)NC(=C)c1ccc(F)cc1C. The van der Waals surface area contributed by atoms with Gasteiger partial charge in [0.1, 0.15) is 5.82 Å². The van der Waals surface area contributed by atoms with Crippen LogP contribution in [0, 0.1) is 12.7 Å². The molecule has 0 atom stereocenters. The van der Waals surface area contributed by atoms with E-state index in [0.29, 0.717) is 16.9 Å². The standard InChI is InChI=1S/C15H19BFNO2/c1-10-8-14(17)6-7-15(10)13(4)18-12(3)9-11(2)16(19)20-5/h6-9,18-19H,3-4H2,1-2,5H3/b11-9+. The van der Waals surface area contributed by atoms with Crippen LogP contribution in [0.2, 0.25) is 0 Å². The van der Waals surface area contributed by atoms with E-state index in [4.69, 9.17) is 4.65 Å². The van der Waals surface area contributed by atoms with Crippen molar-refractivity contribution in [3.8, 4) is 0 Å². The minimum atomic E-state index is -0.964. The van der Waals surface area contributed by atoms with Crippen LogP contribution in [-0.2, 0) is 4.65 Å². The van der Waals surface area contributed by atoms with Crippen LogP contribution < -0.4 is 5.32 Å². The van der Waals surface area contributed by atoms with Crippen molar-refractivity contribution in [2.45, 2.75) is 13.8 Å². The zero-order chi connectivity index (χ0) is 15.3. The topological polar surface area (TPSA) is 41.5 Å². The Labute approximate surface area is 119 Å². The summed E-state index contributed by atoms with van der Waals surface area (Å²) in [6.07, 6.45) is 1.66. The van der Waals surface area contributed by atoms with Gasteiger partial charge in [-0.05, 0) is 49.2 Å². The van der Waals surface area contributed by atoms with E-state index in [1.807, 2.05) is 6.92 Å². The maximum atomic E-state index is 13.1. The summed E-state index contributed by atoms with van der Waals surface area (Å²) in [5.41, 5.74) is 3.39. The van der Waals surface area contributed by atoms with Crippen LogP contribution in [0.1, 0.15) is 18.1 Å². The van der Waals surface area contributed by atoms with Crippen molar-refractivity contribution < 1.29 is 14.1 Å². The number of halogens is 1.